The van der Waals surface area contributed by atoms with E-state index in [-0.39, 0.29) is 23.1 Å². The zero-order chi connectivity index (χ0) is 18.0. The van der Waals surface area contributed by atoms with E-state index < -0.39 is 0 Å². The summed E-state index contributed by atoms with van der Waals surface area (Å²) in [7, 11) is 0. The molecule has 3 aromatic rings. The van der Waals surface area contributed by atoms with Gasteiger partial charge in [-0.3, -0.25) is 14.2 Å². The number of Topliss-reactive ketones (excluding diaryl/α,β-unsaturated/α-hetero) is 1. The molecule has 2 heterocycles. The molecule has 1 atom stereocenters. The number of aromatic nitrogens is 2. The summed E-state index contributed by atoms with van der Waals surface area (Å²) in [6, 6.07) is 10.8. The molecule has 130 valence electrons. The van der Waals surface area contributed by atoms with Crippen LogP contribution in [-0.4, -0.2) is 21.1 Å². The molecular formula is C18H17ClN2O2S2. The van der Waals surface area contributed by atoms with Gasteiger partial charge in [0.25, 0.3) is 5.56 Å². The summed E-state index contributed by atoms with van der Waals surface area (Å²) >= 11 is 8.46. The predicted octanol–water partition coefficient (Wildman–Crippen LogP) is 5.06. The summed E-state index contributed by atoms with van der Waals surface area (Å²) in [5.41, 5.74) is 0.593. The fraction of sp³-hybridized carbons (Fsp3) is 0.278. The molecule has 0 N–H and O–H groups in total. The molecule has 0 fully saturated rings. The predicted molar refractivity (Wildman–Crippen MR) is 105 cm³/mol. The number of ketones is 1. The zero-order valence-corrected chi connectivity index (χ0v) is 16.2. The van der Waals surface area contributed by atoms with E-state index in [1.165, 1.54) is 23.1 Å². The number of para-hydroxylation sites is 1. The van der Waals surface area contributed by atoms with E-state index in [0.29, 0.717) is 25.3 Å². The normalized spacial score (nSPS) is 12.4. The van der Waals surface area contributed by atoms with Gasteiger partial charge in [0.2, 0.25) is 0 Å². The maximum absolute atomic E-state index is 12.9. The summed E-state index contributed by atoms with van der Waals surface area (Å²) in [4.78, 5) is 30.5. The van der Waals surface area contributed by atoms with Crippen molar-refractivity contribution in [1.82, 2.24) is 9.55 Å². The Morgan fingerprint density at radius 3 is 2.76 bits per heavy atom. The molecule has 0 bridgehead atoms. The summed E-state index contributed by atoms with van der Waals surface area (Å²) in [5, 5.41) is 1.18. The van der Waals surface area contributed by atoms with Crippen molar-refractivity contribution in [1.29, 1.82) is 0 Å². The van der Waals surface area contributed by atoms with Gasteiger partial charge < -0.3 is 0 Å². The van der Waals surface area contributed by atoms with Crippen molar-refractivity contribution in [3.05, 3.63) is 56.0 Å². The van der Waals surface area contributed by atoms with Crippen molar-refractivity contribution >= 4 is 51.4 Å². The van der Waals surface area contributed by atoms with Gasteiger partial charge in [-0.2, -0.15) is 0 Å². The maximum atomic E-state index is 12.9. The summed E-state index contributed by atoms with van der Waals surface area (Å²) in [6.07, 6.45) is 0.808. The molecule has 4 nitrogen and oxygen atoms in total. The number of hydrogen-bond donors (Lipinski definition) is 0. The van der Waals surface area contributed by atoms with Crippen molar-refractivity contribution in [2.75, 3.05) is 5.75 Å². The number of nitrogens with zero attached hydrogens (tertiary/aromatic N) is 2. The summed E-state index contributed by atoms with van der Waals surface area (Å²) in [6.45, 7) is 4.02. The number of fused-ring (bicyclic) bond motifs is 1. The minimum Gasteiger partial charge on any atom is -0.292 e. The minimum atomic E-state index is -0.0610. The van der Waals surface area contributed by atoms with Crippen LogP contribution in [0, 0.1) is 0 Å². The first-order valence-electron chi connectivity index (χ1n) is 7.94. The molecular weight excluding hydrogens is 376 g/mol. The van der Waals surface area contributed by atoms with Crippen LogP contribution < -0.4 is 5.56 Å². The molecule has 0 unspecified atom stereocenters. The highest BCUT2D eigenvalue weighted by molar-refractivity contribution is 7.99. The molecule has 0 radical (unpaired) electrons. The SMILES string of the molecule is CC[C@H](C)n1c(SCC(=O)c2ccc(Cl)s2)nc2ccccc2c1=O. The molecule has 1 aromatic carbocycles. The summed E-state index contributed by atoms with van der Waals surface area (Å²) < 4.78 is 2.29. The Balaban J connectivity index is 1.96. The van der Waals surface area contributed by atoms with E-state index in [2.05, 4.69) is 4.98 Å². The van der Waals surface area contributed by atoms with E-state index in [1.54, 1.807) is 22.8 Å². The van der Waals surface area contributed by atoms with Crippen LogP contribution in [0.3, 0.4) is 0 Å². The average Bonchev–Trinajstić information content (AvgIpc) is 3.05. The number of halogens is 1. The second kappa shape index (κ2) is 7.72. The van der Waals surface area contributed by atoms with Crippen LogP contribution in [0.2, 0.25) is 4.34 Å². The molecule has 7 heteroatoms. The third kappa shape index (κ3) is 3.81. The first-order chi connectivity index (χ1) is 12.0. The molecule has 0 amide bonds. The van der Waals surface area contributed by atoms with Gasteiger partial charge >= 0.3 is 0 Å². The lowest BCUT2D eigenvalue weighted by Crippen LogP contribution is -2.26. The van der Waals surface area contributed by atoms with Crippen molar-refractivity contribution in [2.45, 2.75) is 31.5 Å². The Morgan fingerprint density at radius 2 is 2.08 bits per heavy atom. The second-order valence-electron chi connectivity index (χ2n) is 5.66. The first-order valence-corrected chi connectivity index (χ1v) is 10.1. The van der Waals surface area contributed by atoms with Gasteiger partial charge in [0.1, 0.15) is 0 Å². The smallest absolute Gasteiger partial charge is 0.262 e. The van der Waals surface area contributed by atoms with Gasteiger partial charge in [-0.05, 0) is 37.6 Å². The van der Waals surface area contributed by atoms with Crippen LogP contribution in [0.15, 0.2) is 46.3 Å². The largest absolute Gasteiger partial charge is 0.292 e. The number of rotatable bonds is 6. The van der Waals surface area contributed by atoms with Crippen LogP contribution in [0.5, 0.6) is 0 Å². The zero-order valence-electron chi connectivity index (χ0n) is 13.9. The van der Waals surface area contributed by atoms with E-state index in [1.807, 2.05) is 32.0 Å². The van der Waals surface area contributed by atoms with Crippen molar-refractivity contribution in [3.8, 4) is 0 Å². The van der Waals surface area contributed by atoms with Crippen LogP contribution >= 0.6 is 34.7 Å². The lowest BCUT2D eigenvalue weighted by atomic mass is 10.2. The number of thioether (sulfide) groups is 1. The summed E-state index contributed by atoms with van der Waals surface area (Å²) in [5.74, 6) is 0.206. The number of benzene rings is 1. The Hall–Kier alpha value is -1.63. The fourth-order valence-corrected chi connectivity index (χ4v) is 4.52. The molecule has 0 aliphatic heterocycles. The molecule has 0 spiro atoms. The van der Waals surface area contributed by atoms with Crippen LogP contribution in [0.25, 0.3) is 10.9 Å². The maximum Gasteiger partial charge on any atom is 0.262 e. The topological polar surface area (TPSA) is 52.0 Å². The molecule has 2 aromatic heterocycles. The van der Waals surface area contributed by atoms with E-state index >= 15 is 0 Å². The van der Waals surface area contributed by atoms with Crippen molar-refractivity contribution in [3.63, 3.8) is 0 Å². The van der Waals surface area contributed by atoms with Gasteiger partial charge in [-0.15, -0.1) is 11.3 Å². The van der Waals surface area contributed by atoms with Crippen molar-refractivity contribution in [2.24, 2.45) is 0 Å². The second-order valence-corrected chi connectivity index (χ2v) is 8.32. The third-order valence-electron chi connectivity index (χ3n) is 3.99. The average molecular weight is 393 g/mol. The fourth-order valence-electron chi connectivity index (χ4n) is 2.46. The lowest BCUT2D eigenvalue weighted by molar-refractivity contribution is 0.102. The van der Waals surface area contributed by atoms with Crippen molar-refractivity contribution < 1.29 is 4.79 Å². The van der Waals surface area contributed by atoms with E-state index in [4.69, 9.17) is 11.6 Å². The monoisotopic (exact) mass is 392 g/mol. The molecule has 3 rings (SSSR count). The van der Waals surface area contributed by atoms with Crippen LogP contribution in [0.1, 0.15) is 36.0 Å². The van der Waals surface area contributed by atoms with Gasteiger partial charge in [0, 0.05) is 6.04 Å². The van der Waals surface area contributed by atoms with Gasteiger partial charge in [0.15, 0.2) is 10.9 Å². The van der Waals surface area contributed by atoms with Crippen LogP contribution in [0.4, 0.5) is 0 Å². The quantitative estimate of drug-likeness (QED) is 0.334. The molecule has 0 saturated carbocycles. The Morgan fingerprint density at radius 1 is 1.32 bits per heavy atom. The van der Waals surface area contributed by atoms with Gasteiger partial charge in [0.05, 0.1) is 25.9 Å². The first kappa shape index (κ1) is 18.2. The molecule has 0 aliphatic carbocycles. The highest BCUT2D eigenvalue weighted by atomic mass is 35.5. The number of carbonyl (C=O) groups excluding carboxylic acids is 1. The van der Waals surface area contributed by atoms with E-state index in [0.717, 1.165) is 6.42 Å². The highest BCUT2D eigenvalue weighted by Crippen LogP contribution is 2.26. The molecule has 25 heavy (non-hydrogen) atoms. The number of carbonyl (C=O) groups is 1. The number of hydrogen-bond acceptors (Lipinski definition) is 5. The minimum absolute atomic E-state index is 0.0124. The molecule has 0 aliphatic rings. The van der Waals surface area contributed by atoms with Gasteiger partial charge in [-0.25, -0.2) is 4.98 Å². The third-order valence-corrected chi connectivity index (χ3v) is 6.21. The van der Waals surface area contributed by atoms with Gasteiger partial charge in [-0.1, -0.05) is 42.4 Å². The Bertz CT molecular complexity index is 981. The highest BCUT2D eigenvalue weighted by Gasteiger charge is 2.17. The standard InChI is InChI=1S/C18H17ClN2O2S2/c1-3-11(2)21-17(23)12-6-4-5-7-13(12)20-18(21)24-10-14(22)15-8-9-16(19)25-15/h4-9,11H,3,10H2,1-2H3/t11-/m0/s1. The molecule has 0 saturated heterocycles. The Kier molecular flexibility index (Phi) is 5.61. The van der Waals surface area contributed by atoms with Crippen LogP contribution in [-0.2, 0) is 0 Å². The Labute approximate surface area is 158 Å². The number of thiophene rings is 1. The lowest BCUT2D eigenvalue weighted by Gasteiger charge is -2.18. The van der Waals surface area contributed by atoms with E-state index in [9.17, 15) is 9.59 Å².